The summed E-state index contributed by atoms with van der Waals surface area (Å²) < 4.78 is 4.76. The van der Waals surface area contributed by atoms with Gasteiger partial charge in [-0.3, -0.25) is 4.79 Å². The monoisotopic (exact) mass is 298 g/mol. The first-order valence-electron chi connectivity index (χ1n) is 7.32. The van der Waals surface area contributed by atoms with Crippen molar-refractivity contribution >= 4 is 18.0 Å². The highest BCUT2D eigenvalue weighted by molar-refractivity contribution is 5.84. The Balaban J connectivity index is 1.94. The Morgan fingerprint density at radius 2 is 1.90 bits per heavy atom. The minimum absolute atomic E-state index is 0.00665. The maximum absolute atomic E-state index is 12.4. The van der Waals surface area contributed by atoms with Crippen LogP contribution in [0.25, 0.3) is 0 Å². The van der Waals surface area contributed by atoms with Crippen LogP contribution in [-0.4, -0.2) is 65.7 Å². The van der Waals surface area contributed by atoms with Gasteiger partial charge in [-0.05, 0) is 19.3 Å². The third-order valence-corrected chi connectivity index (χ3v) is 4.50. The van der Waals surface area contributed by atoms with E-state index in [4.69, 9.17) is 9.84 Å². The van der Waals surface area contributed by atoms with Crippen molar-refractivity contribution in [3.63, 3.8) is 0 Å². The van der Waals surface area contributed by atoms with E-state index in [1.807, 2.05) is 0 Å². The second kappa shape index (κ2) is 6.32. The summed E-state index contributed by atoms with van der Waals surface area (Å²) in [5.41, 5.74) is 0. The Bertz CT molecular complexity index is 433. The minimum Gasteiger partial charge on any atom is -0.481 e. The normalized spacial score (nSPS) is 24.2. The molecule has 0 aliphatic carbocycles. The van der Waals surface area contributed by atoms with Gasteiger partial charge < -0.3 is 19.6 Å². The van der Waals surface area contributed by atoms with Crippen LogP contribution in [-0.2, 0) is 14.3 Å². The van der Waals surface area contributed by atoms with Gasteiger partial charge in [-0.1, -0.05) is 6.92 Å². The van der Waals surface area contributed by atoms with Gasteiger partial charge in [-0.25, -0.2) is 9.59 Å². The summed E-state index contributed by atoms with van der Waals surface area (Å²) in [7, 11) is 1.33. The first kappa shape index (κ1) is 15.6. The number of carbonyl (C=O) groups excluding carboxylic acids is 2. The Kier molecular flexibility index (Phi) is 4.69. The maximum Gasteiger partial charge on any atom is 0.328 e. The summed E-state index contributed by atoms with van der Waals surface area (Å²) in [4.78, 5) is 38.3. The number of rotatable bonds is 3. The molecule has 2 amide bonds. The lowest BCUT2D eigenvalue weighted by atomic mass is 9.87. The number of nitrogens with zero attached hydrogens (tertiary/aromatic N) is 2. The molecule has 0 spiro atoms. The number of hydrogen-bond acceptors (Lipinski definition) is 4. The zero-order valence-electron chi connectivity index (χ0n) is 12.4. The summed E-state index contributed by atoms with van der Waals surface area (Å²) in [5, 5.41) is 8.96. The molecule has 2 atom stereocenters. The zero-order chi connectivity index (χ0) is 15.6. The summed E-state index contributed by atoms with van der Waals surface area (Å²) in [5.74, 6) is -1.67. The Hall–Kier alpha value is -1.79. The van der Waals surface area contributed by atoms with Crippen LogP contribution in [0.1, 0.15) is 26.2 Å². The van der Waals surface area contributed by atoms with Gasteiger partial charge in [0.15, 0.2) is 0 Å². The minimum atomic E-state index is -0.836. The van der Waals surface area contributed by atoms with Gasteiger partial charge in [0, 0.05) is 25.6 Å². The lowest BCUT2D eigenvalue weighted by molar-refractivity contribution is -0.147. The van der Waals surface area contributed by atoms with E-state index < -0.39 is 17.9 Å². The Labute approximate surface area is 123 Å². The molecule has 2 aliphatic heterocycles. The molecule has 0 aromatic carbocycles. The van der Waals surface area contributed by atoms with Crippen molar-refractivity contribution in [1.29, 1.82) is 0 Å². The highest BCUT2D eigenvalue weighted by Gasteiger charge is 2.42. The van der Waals surface area contributed by atoms with Crippen LogP contribution in [0.5, 0.6) is 0 Å². The van der Waals surface area contributed by atoms with Gasteiger partial charge in [0.25, 0.3) is 0 Å². The first-order valence-corrected chi connectivity index (χ1v) is 7.32. The summed E-state index contributed by atoms with van der Waals surface area (Å²) in [6.45, 7) is 3.09. The van der Waals surface area contributed by atoms with Gasteiger partial charge in [0.05, 0.1) is 13.0 Å². The third-order valence-electron chi connectivity index (χ3n) is 4.50. The lowest BCUT2D eigenvalue weighted by Gasteiger charge is -2.45. The number of carboxylic acid groups (broad SMARTS) is 1. The SMILES string of the molecule is COC(=O)C1CCCCN1C(=O)N1CC(C(C)C(=O)O)C1. The van der Waals surface area contributed by atoms with Gasteiger partial charge in [-0.15, -0.1) is 0 Å². The first-order chi connectivity index (χ1) is 9.95. The Morgan fingerprint density at radius 1 is 1.24 bits per heavy atom. The van der Waals surface area contributed by atoms with Gasteiger partial charge in [-0.2, -0.15) is 0 Å². The molecule has 0 aromatic rings. The molecule has 2 rings (SSSR count). The summed E-state index contributed by atoms with van der Waals surface area (Å²) >= 11 is 0. The van der Waals surface area contributed by atoms with Gasteiger partial charge in [0.2, 0.25) is 0 Å². The van der Waals surface area contributed by atoms with Crippen LogP contribution in [0.2, 0.25) is 0 Å². The number of piperidine rings is 1. The number of ether oxygens (including phenoxy) is 1. The largest absolute Gasteiger partial charge is 0.481 e. The fourth-order valence-electron chi connectivity index (χ4n) is 2.91. The van der Waals surface area contributed by atoms with Crippen LogP contribution >= 0.6 is 0 Å². The van der Waals surface area contributed by atoms with E-state index in [1.165, 1.54) is 7.11 Å². The van der Waals surface area contributed by atoms with Crippen LogP contribution in [0.3, 0.4) is 0 Å². The molecule has 2 saturated heterocycles. The molecule has 118 valence electrons. The highest BCUT2D eigenvalue weighted by atomic mass is 16.5. The fraction of sp³-hybridized carbons (Fsp3) is 0.786. The quantitative estimate of drug-likeness (QED) is 0.778. The molecule has 0 aromatic heterocycles. The number of methoxy groups -OCH3 is 1. The van der Waals surface area contributed by atoms with Gasteiger partial charge in [0.1, 0.15) is 6.04 Å². The van der Waals surface area contributed by atoms with E-state index in [-0.39, 0.29) is 17.9 Å². The van der Waals surface area contributed by atoms with Crippen molar-refractivity contribution in [2.75, 3.05) is 26.7 Å². The van der Waals surface area contributed by atoms with E-state index in [1.54, 1.807) is 16.7 Å². The van der Waals surface area contributed by atoms with E-state index in [0.29, 0.717) is 26.1 Å². The fourth-order valence-corrected chi connectivity index (χ4v) is 2.91. The average Bonchev–Trinajstić information content (AvgIpc) is 2.44. The molecule has 2 heterocycles. The maximum atomic E-state index is 12.4. The van der Waals surface area contributed by atoms with Crippen LogP contribution < -0.4 is 0 Å². The molecular weight excluding hydrogens is 276 g/mol. The average molecular weight is 298 g/mol. The molecule has 0 radical (unpaired) electrons. The molecule has 0 bridgehead atoms. The number of amides is 2. The topological polar surface area (TPSA) is 87.2 Å². The molecule has 0 saturated carbocycles. The molecule has 2 unspecified atom stereocenters. The predicted octanol–water partition coefficient (Wildman–Crippen LogP) is 0.786. The van der Waals surface area contributed by atoms with Crippen LogP contribution in [0.4, 0.5) is 4.79 Å². The van der Waals surface area contributed by atoms with E-state index >= 15 is 0 Å². The number of hydrogen-bond donors (Lipinski definition) is 1. The van der Waals surface area contributed by atoms with Crippen molar-refractivity contribution in [2.24, 2.45) is 11.8 Å². The van der Waals surface area contributed by atoms with Crippen molar-refractivity contribution in [3.05, 3.63) is 0 Å². The molecular formula is C14H22N2O5. The van der Waals surface area contributed by atoms with Crippen molar-refractivity contribution < 1.29 is 24.2 Å². The van der Waals surface area contributed by atoms with Crippen LogP contribution in [0, 0.1) is 11.8 Å². The molecule has 21 heavy (non-hydrogen) atoms. The number of esters is 1. The second-order valence-electron chi connectivity index (χ2n) is 5.80. The predicted molar refractivity (Wildman–Crippen MR) is 73.6 cm³/mol. The number of likely N-dealkylation sites (tertiary alicyclic amines) is 2. The number of carboxylic acids is 1. The third kappa shape index (κ3) is 3.11. The lowest BCUT2D eigenvalue weighted by Crippen LogP contribution is -2.60. The van der Waals surface area contributed by atoms with Crippen molar-refractivity contribution in [3.8, 4) is 0 Å². The molecule has 2 aliphatic rings. The summed E-state index contributed by atoms with van der Waals surface area (Å²) in [6.07, 6.45) is 2.41. The van der Waals surface area contributed by atoms with E-state index in [9.17, 15) is 14.4 Å². The molecule has 2 fully saturated rings. The second-order valence-corrected chi connectivity index (χ2v) is 5.80. The standard InChI is InChI=1S/C14H22N2O5/c1-9(12(17)18)10-7-15(8-10)14(20)16-6-4-3-5-11(16)13(19)21-2/h9-11H,3-8H2,1-2H3,(H,17,18). The zero-order valence-corrected chi connectivity index (χ0v) is 12.4. The van der Waals surface area contributed by atoms with E-state index in [0.717, 1.165) is 12.8 Å². The number of carbonyl (C=O) groups is 3. The highest BCUT2D eigenvalue weighted by Crippen LogP contribution is 2.27. The van der Waals surface area contributed by atoms with Crippen LogP contribution in [0.15, 0.2) is 0 Å². The smallest absolute Gasteiger partial charge is 0.328 e. The van der Waals surface area contributed by atoms with Gasteiger partial charge >= 0.3 is 18.0 Å². The van der Waals surface area contributed by atoms with E-state index in [2.05, 4.69) is 0 Å². The van der Waals surface area contributed by atoms with Crippen molar-refractivity contribution in [1.82, 2.24) is 9.80 Å². The molecule has 7 heteroatoms. The Morgan fingerprint density at radius 3 is 2.48 bits per heavy atom. The molecule has 1 N–H and O–H groups in total. The number of urea groups is 1. The molecule has 7 nitrogen and oxygen atoms in total. The van der Waals surface area contributed by atoms with Crippen molar-refractivity contribution in [2.45, 2.75) is 32.2 Å². The number of aliphatic carboxylic acids is 1. The summed E-state index contributed by atoms with van der Waals surface area (Å²) in [6, 6.07) is -0.689.